The Balaban J connectivity index is 2.36. The quantitative estimate of drug-likeness (QED) is 0.840. The zero-order valence-corrected chi connectivity index (χ0v) is 9.34. The molecule has 84 valence electrons. The first kappa shape index (κ1) is 10.6. The van der Waals surface area contributed by atoms with Crippen molar-refractivity contribution in [3.63, 3.8) is 0 Å². The third-order valence-electron chi connectivity index (χ3n) is 2.18. The van der Waals surface area contributed by atoms with E-state index >= 15 is 0 Å². The smallest absolute Gasteiger partial charge is 0.272 e. The zero-order valence-electron chi connectivity index (χ0n) is 9.34. The van der Waals surface area contributed by atoms with Gasteiger partial charge in [-0.3, -0.25) is 14.9 Å². The molecule has 2 aromatic rings. The molecule has 1 N–H and O–H groups in total. The summed E-state index contributed by atoms with van der Waals surface area (Å²) in [5.41, 5.74) is 0.821. The van der Waals surface area contributed by atoms with Crippen LogP contribution < -0.4 is 5.56 Å². The van der Waals surface area contributed by atoms with E-state index < -0.39 is 0 Å². The van der Waals surface area contributed by atoms with Gasteiger partial charge in [0.15, 0.2) is 5.82 Å². The van der Waals surface area contributed by atoms with Crippen molar-refractivity contribution < 1.29 is 0 Å². The van der Waals surface area contributed by atoms with Gasteiger partial charge in [0.25, 0.3) is 5.56 Å². The molecule has 0 aliphatic carbocycles. The summed E-state index contributed by atoms with van der Waals surface area (Å²) >= 11 is 0. The van der Waals surface area contributed by atoms with Gasteiger partial charge >= 0.3 is 0 Å². The van der Waals surface area contributed by atoms with Crippen LogP contribution in [0.2, 0.25) is 0 Å². The molecule has 0 fully saturated rings. The van der Waals surface area contributed by atoms with E-state index in [1.807, 2.05) is 0 Å². The molecule has 2 aromatic heterocycles. The van der Waals surface area contributed by atoms with Gasteiger partial charge in [-0.05, 0) is 12.3 Å². The lowest BCUT2D eigenvalue weighted by molar-refractivity contribution is 0.626. The third kappa shape index (κ3) is 2.18. The van der Waals surface area contributed by atoms with Gasteiger partial charge in [0.1, 0.15) is 0 Å². The van der Waals surface area contributed by atoms with Crippen LogP contribution in [0.1, 0.15) is 19.5 Å². The van der Waals surface area contributed by atoms with E-state index in [4.69, 9.17) is 0 Å². The summed E-state index contributed by atoms with van der Waals surface area (Å²) in [5, 5.41) is 3.03. The van der Waals surface area contributed by atoms with E-state index in [0.29, 0.717) is 11.7 Å². The summed E-state index contributed by atoms with van der Waals surface area (Å²) < 4.78 is 1.41. The largest absolute Gasteiger partial charge is 0.294 e. The van der Waals surface area contributed by atoms with Crippen LogP contribution in [-0.2, 0) is 6.42 Å². The summed E-state index contributed by atoms with van der Waals surface area (Å²) in [5.74, 6) is 1.02. The summed E-state index contributed by atoms with van der Waals surface area (Å²) in [6.07, 6.45) is 5.54. The molecule has 5 heteroatoms. The summed E-state index contributed by atoms with van der Waals surface area (Å²) in [4.78, 5) is 19.7. The second-order valence-electron chi connectivity index (χ2n) is 4.12. The monoisotopic (exact) mass is 218 g/mol. The Labute approximate surface area is 93.2 Å². The fourth-order valence-corrected chi connectivity index (χ4v) is 1.57. The Morgan fingerprint density at radius 1 is 1.44 bits per heavy atom. The van der Waals surface area contributed by atoms with Crippen LogP contribution in [0.25, 0.3) is 5.82 Å². The van der Waals surface area contributed by atoms with E-state index in [9.17, 15) is 4.79 Å². The Morgan fingerprint density at radius 2 is 2.25 bits per heavy atom. The Kier molecular flexibility index (Phi) is 2.85. The molecule has 0 atom stereocenters. The lowest BCUT2D eigenvalue weighted by Crippen LogP contribution is -2.14. The number of hydrogen-bond donors (Lipinski definition) is 1. The molecule has 2 rings (SSSR count). The third-order valence-corrected chi connectivity index (χ3v) is 2.18. The lowest BCUT2D eigenvalue weighted by Gasteiger charge is -2.02. The predicted molar refractivity (Wildman–Crippen MR) is 60.5 cm³/mol. The molecule has 0 aliphatic heterocycles. The van der Waals surface area contributed by atoms with Crippen molar-refractivity contribution in [2.75, 3.05) is 0 Å². The van der Waals surface area contributed by atoms with Gasteiger partial charge in [0.2, 0.25) is 0 Å². The Hall–Kier alpha value is -1.91. The van der Waals surface area contributed by atoms with Crippen LogP contribution in [0.15, 0.2) is 29.5 Å². The molecule has 0 saturated carbocycles. The van der Waals surface area contributed by atoms with E-state index in [1.54, 1.807) is 24.7 Å². The number of aromatic nitrogens is 4. The minimum absolute atomic E-state index is 0.101. The first-order chi connectivity index (χ1) is 7.66. The van der Waals surface area contributed by atoms with Crippen LogP contribution in [0.3, 0.4) is 0 Å². The van der Waals surface area contributed by atoms with Crippen molar-refractivity contribution >= 4 is 0 Å². The highest BCUT2D eigenvalue weighted by Gasteiger charge is 2.07. The normalized spacial score (nSPS) is 10.9. The molecule has 16 heavy (non-hydrogen) atoms. The average Bonchev–Trinajstić information content (AvgIpc) is 2.60. The lowest BCUT2D eigenvalue weighted by atomic mass is 10.1. The summed E-state index contributed by atoms with van der Waals surface area (Å²) in [6, 6.07) is 1.61. The second-order valence-corrected chi connectivity index (χ2v) is 4.12. The van der Waals surface area contributed by atoms with Crippen LogP contribution >= 0.6 is 0 Å². The zero-order chi connectivity index (χ0) is 11.5. The van der Waals surface area contributed by atoms with Crippen LogP contribution in [-0.4, -0.2) is 19.7 Å². The Morgan fingerprint density at radius 3 is 2.88 bits per heavy atom. The first-order valence-corrected chi connectivity index (χ1v) is 5.24. The highest BCUT2D eigenvalue weighted by atomic mass is 16.1. The molecule has 0 unspecified atom stereocenters. The highest BCUT2D eigenvalue weighted by Crippen LogP contribution is 2.04. The van der Waals surface area contributed by atoms with Gasteiger partial charge in [0.05, 0.1) is 6.20 Å². The van der Waals surface area contributed by atoms with Crippen molar-refractivity contribution in [3.8, 4) is 5.82 Å². The number of aromatic amines is 1. The molecule has 0 aliphatic rings. The number of H-pyrrole nitrogens is 1. The van der Waals surface area contributed by atoms with Crippen molar-refractivity contribution in [2.45, 2.75) is 20.3 Å². The molecular weight excluding hydrogens is 204 g/mol. The molecular formula is C11H14N4O. The average molecular weight is 218 g/mol. The summed E-state index contributed by atoms with van der Waals surface area (Å²) in [6.45, 7) is 4.22. The van der Waals surface area contributed by atoms with E-state index in [0.717, 1.165) is 12.1 Å². The fourth-order valence-electron chi connectivity index (χ4n) is 1.57. The molecule has 0 amide bonds. The van der Waals surface area contributed by atoms with Crippen LogP contribution in [0.5, 0.6) is 0 Å². The number of hydrogen-bond acceptors (Lipinski definition) is 3. The maximum absolute atomic E-state index is 11.7. The molecule has 0 spiro atoms. The number of nitrogens with one attached hydrogen (secondary N) is 1. The predicted octanol–water partition coefficient (Wildman–Crippen LogP) is 1.15. The van der Waals surface area contributed by atoms with Crippen molar-refractivity contribution in [1.82, 2.24) is 19.7 Å². The van der Waals surface area contributed by atoms with E-state index in [2.05, 4.69) is 28.9 Å². The van der Waals surface area contributed by atoms with E-state index in [1.165, 1.54) is 4.68 Å². The number of nitrogens with zero attached hydrogens (tertiary/aromatic N) is 3. The van der Waals surface area contributed by atoms with Crippen LogP contribution in [0.4, 0.5) is 0 Å². The van der Waals surface area contributed by atoms with E-state index in [-0.39, 0.29) is 5.56 Å². The summed E-state index contributed by atoms with van der Waals surface area (Å²) in [7, 11) is 0. The number of rotatable bonds is 3. The first-order valence-electron chi connectivity index (χ1n) is 5.24. The molecule has 2 heterocycles. The molecule has 0 radical (unpaired) electrons. The van der Waals surface area contributed by atoms with Crippen molar-refractivity contribution in [3.05, 3.63) is 40.7 Å². The highest BCUT2D eigenvalue weighted by molar-refractivity contribution is 5.17. The van der Waals surface area contributed by atoms with Gasteiger partial charge in [-0.15, -0.1) is 0 Å². The van der Waals surface area contributed by atoms with Crippen LogP contribution in [0, 0.1) is 5.92 Å². The topological polar surface area (TPSA) is 63.6 Å². The standard InChI is InChI=1S/C11H14N4O/c1-8(2)5-9-6-11(16)15(14-9)10-7-12-3-4-13-10/h3-4,6-8,14H,5H2,1-2H3. The fraction of sp³-hybridized carbons (Fsp3) is 0.364. The van der Waals surface area contributed by atoms with Gasteiger partial charge in [-0.1, -0.05) is 13.8 Å². The minimum Gasteiger partial charge on any atom is -0.294 e. The van der Waals surface area contributed by atoms with Gasteiger partial charge in [0, 0.05) is 24.2 Å². The van der Waals surface area contributed by atoms with Crippen molar-refractivity contribution in [2.24, 2.45) is 5.92 Å². The van der Waals surface area contributed by atoms with Gasteiger partial charge < -0.3 is 0 Å². The minimum atomic E-state index is -0.101. The van der Waals surface area contributed by atoms with Gasteiger partial charge in [-0.25, -0.2) is 4.98 Å². The SMILES string of the molecule is CC(C)Cc1cc(=O)n(-c2cnccn2)[nH]1. The van der Waals surface area contributed by atoms with Gasteiger partial charge in [-0.2, -0.15) is 4.68 Å². The molecule has 0 saturated heterocycles. The molecule has 5 nitrogen and oxygen atoms in total. The second kappa shape index (κ2) is 4.30. The maximum atomic E-state index is 11.7. The Bertz CT molecular complexity index is 512. The molecule has 0 bridgehead atoms. The van der Waals surface area contributed by atoms with Crippen molar-refractivity contribution in [1.29, 1.82) is 0 Å². The molecule has 0 aromatic carbocycles. The maximum Gasteiger partial charge on any atom is 0.272 e.